The maximum absolute atomic E-state index is 12.6. The van der Waals surface area contributed by atoms with Crippen molar-refractivity contribution in [3.05, 3.63) is 23.3 Å². The molecule has 12 atom stereocenters. The minimum atomic E-state index is -1.22. The maximum atomic E-state index is 12.6. The Morgan fingerprint density at radius 1 is 0.952 bits per heavy atom. The van der Waals surface area contributed by atoms with Crippen molar-refractivity contribution < 1.29 is 35.1 Å². The van der Waals surface area contributed by atoms with Gasteiger partial charge in [-0.3, -0.25) is 0 Å². The van der Waals surface area contributed by atoms with Gasteiger partial charge in [-0.15, -0.1) is 0 Å². The van der Waals surface area contributed by atoms with Crippen molar-refractivity contribution in [2.75, 3.05) is 13.2 Å². The molecule has 0 amide bonds. The lowest BCUT2D eigenvalue weighted by atomic mass is 9.33. The minimum absolute atomic E-state index is 0.105. The topological polar surface area (TPSA) is 127 Å². The summed E-state index contributed by atoms with van der Waals surface area (Å²) in [6, 6.07) is 0. The molecular formula is C35H56O7. The van der Waals surface area contributed by atoms with Crippen LogP contribution < -0.4 is 0 Å². The van der Waals surface area contributed by atoms with Gasteiger partial charge in [-0.1, -0.05) is 59.3 Å². The maximum Gasteiger partial charge on any atom is 0.333 e. The lowest BCUT2D eigenvalue weighted by Gasteiger charge is -2.72. The summed E-state index contributed by atoms with van der Waals surface area (Å²) in [7, 11) is 0. The number of aliphatic hydroxyl groups excluding tert-OH is 5. The van der Waals surface area contributed by atoms with Crippen molar-refractivity contribution in [2.45, 2.75) is 125 Å². The largest absolute Gasteiger partial charge is 0.462 e. The third-order valence-corrected chi connectivity index (χ3v) is 14.5. The molecule has 0 aromatic heterocycles. The van der Waals surface area contributed by atoms with Gasteiger partial charge in [0.05, 0.1) is 43.0 Å². The van der Waals surface area contributed by atoms with Gasteiger partial charge >= 0.3 is 5.97 Å². The van der Waals surface area contributed by atoms with Crippen LogP contribution in [-0.4, -0.2) is 69.1 Å². The lowest BCUT2D eigenvalue weighted by Crippen LogP contribution is -2.71. The van der Waals surface area contributed by atoms with Crippen LogP contribution in [0.5, 0.6) is 0 Å². The Morgan fingerprint density at radius 2 is 1.62 bits per heavy atom. The fourth-order valence-corrected chi connectivity index (χ4v) is 11.4. The van der Waals surface area contributed by atoms with Crippen molar-refractivity contribution in [3.8, 4) is 0 Å². The van der Waals surface area contributed by atoms with Gasteiger partial charge in [-0.25, -0.2) is 4.79 Å². The molecule has 0 aromatic rings. The summed E-state index contributed by atoms with van der Waals surface area (Å²) >= 11 is 0. The molecule has 5 rings (SSSR count). The number of hydrogen-bond donors (Lipinski definition) is 5. The van der Waals surface area contributed by atoms with Gasteiger partial charge < -0.3 is 30.3 Å². The molecule has 4 saturated carbocycles. The van der Waals surface area contributed by atoms with Crippen molar-refractivity contribution in [1.29, 1.82) is 0 Å². The van der Waals surface area contributed by atoms with Gasteiger partial charge in [0, 0.05) is 11.0 Å². The van der Waals surface area contributed by atoms with Gasteiger partial charge in [0.15, 0.2) is 0 Å². The number of carbonyl (C=O) groups excluding carboxylic acids is 1. The molecule has 0 aromatic carbocycles. The van der Waals surface area contributed by atoms with Crippen LogP contribution in [0.4, 0.5) is 0 Å². The Morgan fingerprint density at radius 3 is 2.24 bits per heavy atom. The summed E-state index contributed by atoms with van der Waals surface area (Å²) in [5.41, 5.74) is -1.12. The molecule has 0 bridgehead atoms. The summed E-state index contributed by atoms with van der Waals surface area (Å²) in [5, 5.41) is 56.6. The van der Waals surface area contributed by atoms with E-state index in [4.69, 9.17) is 4.74 Å². The van der Waals surface area contributed by atoms with Gasteiger partial charge in [0.1, 0.15) is 0 Å². The first-order valence-electron chi connectivity index (χ1n) is 16.2. The summed E-state index contributed by atoms with van der Waals surface area (Å²) in [6.07, 6.45) is 5.57. The second-order valence-electron chi connectivity index (χ2n) is 16.5. The second-order valence-corrected chi connectivity index (χ2v) is 16.5. The molecule has 0 radical (unpaired) electrons. The molecule has 3 unspecified atom stereocenters. The fourth-order valence-electron chi connectivity index (χ4n) is 11.4. The molecule has 5 N–H and O–H groups in total. The second kappa shape index (κ2) is 10.1. The van der Waals surface area contributed by atoms with E-state index >= 15 is 0 Å². The molecule has 0 spiro atoms. The Hall–Kier alpha value is -1.25. The van der Waals surface area contributed by atoms with E-state index < -0.39 is 40.7 Å². The Kier molecular flexibility index (Phi) is 7.76. The number of aliphatic hydroxyl groups is 5. The van der Waals surface area contributed by atoms with Crippen LogP contribution in [-0.2, 0) is 9.53 Å². The smallest absolute Gasteiger partial charge is 0.333 e. The van der Waals surface area contributed by atoms with E-state index in [2.05, 4.69) is 33.8 Å². The number of hydrogen-bond acceptors (Lipinski definition) is 7. The van der Waals surface area contributed by atoms with Crippen molar-refractivity contribution >= 4 is 5.97 Å². The number of esters is 1. The highest BCUT2D eigenvalue weighted by atomic mass is 16.5. The first-order valence-corrected chi connectivity index (χ1v) is 16.2. The Labute approximate surface area is 252 Å². The highest BCUT2D eigenvalue weighted by Gasteiger charge is 2.72. The molecular weight excluding hydrogens is 532 g/mol. The average Bonchev–Trinajstić information content (AvgIpc) is 2.93. The summed E-state index contributed by atoms with van der Waals surface area (Å²) in [5.74, 6) is -0.110. The van der Waals surface area contributed by atoms with Gasteiger partial charge in [-0.05, 0) is 98.2 Å². The highest BCUT2D eigenvalue weighted by molar-refractivity contribution is 5.87. The molecule has 42 heavy (non-hydrogen) atoms. The SMILES string of the molecule is C/C=C(\C)C(=O)OC[C@]1(C)C2CC[C@]3(C)C(CC=C4C5CC(C)(C)[C@@H](O)[C@H](O)[C@]5(CO)[C@H](O)C[C@]43C)[C@@]2(C)CC[C@@H]1O. The van der Waals surface area contributed by atoms with Gasteiger partial charge in [0.25, 0.3) is 0 Å². The fraction of sp³-hybridized carbons (Fsp3) is 0.857. The van der Waals surface area contributed by atoms with Gasteiger partial charge in [-0.2, -0.15) is 0 Å². The first kappa shape index (κ1) is 32.2. The molecule has 5 aliphatic rings. The van der Waals surface area contributed by atoms with E-state index in [0.717, 1.165) is 25.7 Å². The van der Waals surface area contributed by atoms with Crippen LogP contribution in [0.2, 0.25) is 0 Å². The molecule has 0 aliphatic heterocycles. The zero-order valence-electron chi connectivity index (χ0n) is 27.1. The van der Waals surface area contributed by atoms with E-state index in [9.17, 15) is 30.3 Å². The van der Waals surface area contributed by atoms with Crippen LogP contribution in [0, 0.1) is 50.2 Å². The number of ether oxygens (including phenoxy) is 1. The van der Waals surface area contributed by atoms with Crippen LogP contribution >= 0.6 is 0 Å². The first-order chi connectivity index (χ1) is 19.4. The van der Waals surface area contributed by atoms with E-state index in [-0.39, 0.29) is 47.3 Å². The quantitative estimate of drug-likeness (QED) is 0.185. The number of rotatable bonds is 4. The van der Waals surface area contributed by atoms with E-state index in [1.165, 1.54) is 5.57 Å². The normalized spacial score (nSPS) is 51.8. The monoisotopic (exact) mass is 588 g/mol. The Balaban J connectivity index is 1.55. The number of allylic oxidation sites excluding steroid dienone is 3. The third-order valence-electron chi connectivity index (χ3n) is 14.5. The molecule has 0 saturated heterocycles. The van der Waals surface area contributed by atoms with Crippen LogP contribution in [0.15, 0.2) is 23.3 Å². The van der Waals surface area contributed by atoms with Crippen molar-refractivity contribution in [2.24, 2.45) is 50.2 Å². The van der Waals surface area contributed by atoms with Gasteiger partial charge in [0.2, 0.25) is 0 Å². The van der Waals surface area contributed by atoms with E-state index in [0.29, 0.717) is 30.8 Å². The zero-order chi connectivity index (χ0) is 31.3. The van der Waals surface area contributed by atoms with Crippen molar-refractivity contribution in [3.63, 3.8) is 0 Å². The van der Waals surface area contributed by atoms with Crippen LogP contribution in [0.25, 0.3) is 0 Å². The standard InChI is InChI=1S/C35H56O7/c1-9-20(2)29(41)42-19-32(6)23-12-15-33(7)24(31(23,5)14-13-25(32)37)11-10-21-22-16-30(3,4)27(39)28(40)35(22,18-36)26(38)17-34(21,33)8/h9-10,22-28,36-40H,11-19H2,1-8H3/b20-9+/t22?,23?,24?,25-,26+,27-,28-,31-,32+,33+,34+,35-/m0/s1. The number of carbonyl (C=O) groups is 1. The highest BCUT2D eigenvalue weighted by Crippen LogP contribution is 2.75. The summed E-state index contributed by atoms with van der Waals surface area (Å²) in [6.45, 7) is 16.5. The van der Waals surface area contributed by atoms with Crippen molar-refractivity contribution in [1.82, 2.24) is 0 Å². The third kappa shape index (κ3) is 3.98. The molecule has 4 fully saturated rings. The lowest BCUT2D eigenvalue weighted by molar-refractivity contribution is -0.259. The zero-order valence-corrected chi connectivity index (χ0v) is 27.1. The predicted molar refractivity (Wildman–Crippen MR) is 161 cm³/mol. The number of fused-ring (bicyclic) bond motifs is 7. The molecule has 7 heteroatoms. The summed E-state index contributed by atoms with van der Waals surface area (Å²) < 4.78 is 5.82. The Bertz CT molecular complexity index is 1160. The average molecular weight is 589 g/mol. The molecule has 7 nitrogen and oxygen atoms in total. The predicted octanol–water partition coefficient (Wildman–Crippen LogP) is 4.54. The van der Waals surface area contributed by atoms with E-state index in [1.807, 2.05) is 20.8 Å². The van der Waals surface area contributed by atoms with Crippen LogP contribution in [0.3, 0.4) is 0 Å². The molecule has 5 aliphatic carbocycles. The van der Waals surface area contributed by atoms with E-state index in [1.54, 1.807) is 13.0 Å². The van der Waals surface area contributed by atoms with Crippen LogP contribution in [0.1, 0.15) is 100 Å². The summed E-state index contributed by atoms with van der Waals surface area (Å²) in [4.78, 5) is 12.6. The molecule has 238 valence electrons. The molecule has 0 heterocycles. The minimum Gasteiger partial charge on any atom is -0.462 e.